The Morgan fingerprint density at radius 3 is 1.68 bits per heavy atom. The molecule has 0 aromatic heterocycles. The Balaban J connectivity index is -0.000000220. The Bertz CT molecular complexity index is 326. The molecule has 0 fully saturated rings. The van der Waals surface area contributed by atoms with Crippen LogP contribution >= 0.6 is 0 Å². The van der Waals surface area contributed by atoms with Gasteiger partial charge in [-0.2, -0.15) is 17.5 Å². The van der Waals surface area contributed by atoms with Gasteiger partial charge in [0.05, 0.1) is 0 Å². The quantitative estimate of drug-likeness (QED) is 0.644. The molecule has 0 saturated heterocycles. The van der Waals surface area contributed by atoms with Crippen molar-refractivity contribution in [2.24, 2.45) is 0 Å². The number of hydrogen-bond acceptors (Lipinski definition) is 3. The van der Waals surface area contributed by atoms with Crippen molar-refractivity contribution in [1.82, 2.24) is 0 Å². The minimum atomic E-state index is 0. The third-order valence-corrected chi connectivity index (χ3v) is 1.55. The second kappa shape index (κ2) is 19.9. The third kappa shape index (κ3) is 15.5. The first kappa shape index (κ1) is 23.7. The number of hydrogen-bond donors (Lipinski definition) is 3. The fourth-order valence-corrected chi connectivity index (χ4v) is 1.07. The van der Waals surface area contributed by atoms with E-state index in [0.29, 0.717) is 0 Å². The molecule has 0 bridgehead atoms. The van der Waals surface area contributed by atoms with Crippen molar-refractivity contribution >= 4 is 10.8 Å². The van der Waals surface area contributed by atoms with E-state index in [9.17, 15) is 0 Å². The van der Waals surface area contributed by atoms with Gasteiger partial charge in [-0.1, -0.05) is 6.07 Å². The Kier molecular flexibility index (Phi) is 24.8. The van der Waals surface area contributed by atoms with Crippen molar-refractivity contribution in [1.29, 1.82) is 0 Å². The van der Waals surface area contributed by atoms with Crippen LogP contribution < -0.4 is 0 Å². The first-order valence-corrected chi connectivity index (χ1v) is 6.14. The van der Waals surface area contributed by atoms with Crippen molar-refractivity contribution < 1.29 is 41.5 Å². The predicted molar refractivity (Wildman–Crippen MR) is 77.8 cm³/mol. The maximum atomic E-state index is 7.57. The van der Waals surface area contributed by atoms with E-state index < -0.39 is 0 Å². The monoisotopic (exact) mass is 343 g/mol. The molecule has 0 heterocycles. The SMILES string of the molecule is CCO.CCO.CCO.[Zr].c1ccc2[cH-]ccc2c1. The van der Waals surface area contributed by atoms with E-state index in [4.69, 9.17) is 15.3 Å². The molecule has 2 rings (SSSR count). The molecule has 0 aliphatic rings. The molecular formula is C15H25O3Zr-. The summed E-state index contributed by atoms with van der Waals surface area (Å²) < 4.78 is 0. The summed E-state index contributed by atoms with van der Waals surface area (Å²) in [6.45, 7) is 5.79. The van der Waals surface area contributed by atoms with E-state index in [2.05, 4.69) is 42.5 Å². The standard InChI is InChI=1S/C9H7.3C2H6O.Zr/c1-2-5-9-7-3-6-8(9)4-1;3*1-2-3;/h1-7H;3*3H,2H2,1H3;/q-1;;;;. The summed E-state index contributed by atoms with van der Waals surface area (Å²) in [5.41, 5.74) is 0. The molecule has 19 heavy (non-hydrogen) atoms. The summed E-state index contributed by atoms with van der Waals surface area (Å²) in [6, 6.07) is 14.7. The summed E-state index contributed by atoms with van der Waals surface area (Å²) in [4.78, 5) is 0. The smallest absolute Gasteiger partial charge is 0.0402 e. The van der Waals surface area contributed by atoms with Crippen LogP contribution in [0.5, 0.6) is 0 Å². The molecule has 0 saturated carbocycles. The summed E-state index contributed by atoms with van der Waals surface area (Å²) in [5.74, 6) is 0. The van der Waals surface area contributed by atoms with Gasteiger partial charge in [-0.25, -0.2) is 0 Å². The fourth-order valence-electron chi connectivity index (χ4n) is 1.07. The van der Waals surface area contributed by atoms with Crippen LogP contribution in [-0.4, -0.2) is 35.1 Å². The molecule has 2 aromatic carbocycles. The predicted octanol–water partition coefficient (Wildman–Crippen LogP) is 2.55. The second-order valence-electron chi connectivity index (χ2n) is 3.10. The van der Waals surface area contributed by atoms with Gasteiger partial charge < -0.3 is 15.3 Å². The van der Waals surface area contributed by atoms with Crippen molar-refractivity contribution in [3.05, 3.63) is 42.5 Å². The van der Waals surface area contributed by atoms with Crippen LogP contribution in [0.1, 0.15) is 20.8 Å². The first-order valence-electron chi connectivity index (χ1n) is 6.14. The Labute approximate surface area is 135 Å². The average Bonchev–Trinajstić information content (AvgIpc) is 2.80. The molecule has 0 spiro atoms. The zero-order valence-corrected chi connectivity index (χ0v) is 14.5. The van der Waals surface area contributed by atoms with Crippen LogP contribution in [0.15, 0.2) is 42.5 Å². The summed E-state index contributed by atoms with van der Waals surface area (Å²) in [6.07, 6.45) is 0. The minimum Gasteiger partial charge on any atom is -0.397 e. The van der Waals surface area contributed by atoms with Gasteiger partial charge in [0.1, 0.15) is 0 Å². The van der Waals surface area contributed by atoms with Crippen molar-refractivity contribution in [3.63, 3.8) is 0 Å². The molecule has 3 nitrogen and oxygen atoms in total. The molecule has 0 aliphatic heterocycles. The maximum absolute atomic E-state index is 7.57. The van der Waals surface area contributed by atoms with E-state index in [-0.39, 0.29) is 46.0 Å². The largest absolute Gasteiger partial charge is 0.397 e. The molecular weight excluding hydrogens is 319 g/mol. The van der Waals surface area contributed by atoms with Crippen LogP contribution in [0.3, 0.4) is 0 Å². The number of rotatable bonds is 0. The van der Waals surface area contributed by atoms with Crippen LogP contribution in [0.2, 0.25) is 0 Å². The number of fused-ring (bicyclic) bond motifs is 1. The molecule has 0 aliphatic carbocycles. The zero-order chi connectivity index (χ0) is 14.2. The van der Waals surface area contributed by atoms with Gasteiger partial charge in [0.2, 0.25) is 0 Å². The fraction of sp³-hybridized carbons (Fsp3) is 0.400. The molecule has 0 radical (unpaired) electrons. The molecule has 0 unspecified atom stereocenters. The summed E-state index contributed by atoms with van der Waals surface area (Å²) >= 11 is 0. The molecule has 2 aromatic rings. The Morgan fingerprint density at radius 1 is 0.842 bits per heavy atom. The van der Waals surface area contributed by atoms with Gasteiger partial charge in [-0.3, -0.25) is 0 Å². The normalized spacial score (nSPS) is 7.68. The molecule has 108 valence electrons. The van der Waals surface area contributed by atoms with Gasteiger partial charge in [0, 0.05) is 46.0 Å². The van der Waals surface area contributed by atoms with Gasteiger partial charge in [0.25, 0.3) is 0 Å². The number of aliphatic hydroxyl groups excluding tert-OH is 3. The van der Waals surface area contributed by atoms with E-state index in [0.717, 1.165) is 0 Å². The van der Waals surface area contributed by atoms with Crippen LogP contribution in [0, 0.1) is 0 Å². The van der Waals surface area contributed by atoms with Crippen molar-refractivity contribution in [2.75, 3.05) is 19.8 Å². The second-order valence-corrected chi connectivity index (χ2v) is 3.10. The van der Waals surface area contributed by atoms with Crippen molar-refractivity contribution in [3.8, 4) is 0 Å². The van der Waals surface area contributed by atoms with Gasteiger partial charge in [-0.15, -0.1) is 29.7 Å². The topological polar surface area (TPSA) is 60.7 Å². The first-order chi connectivity index (χ1) is 8.71. The molecule has 4 heteroatoms. The molecule has 0 amide bonds. The summed E-state index contributed by atoms with van der Waals surface area (Å²) in [5, 5.41) is 25.4. The zero-order valence-electron chi connectivity index (χ0n) is 12.0. The van der Waals surface area contributed by atoms with E-state index in [1.807, 2.05) is 0 Å². The van der Waals surface area contributed by atoms with Crippen LogP contribution in [-0.2, 0) is 26.2 Å². The van der Waals surface area contributed by atoms with Crippen molar-refractivity contribution in [2.45, 2.75) is 20.8 Å². The van der Waals surface area contributed by atoms with Gasteiger partial charge in [-0.05, 0) is 20.8 Å². The van der Waals surface area contributed by atoms with E-state index in [1.54, 1.807) is 20.8 Å². The maximum Gasteiger partial charge on any atom is 0.0402 e. The van der Waals surface area contributed by atoms with Gasteiger partial charge in [0.15, 0.2) is 0 Å². The van der Waals surface area contributed by atoms with Gasteiger partial charge >= 0.3 is 0 Å². The molecule has 0 atom stereocenters. The van der Waals surface area contributed by atoms with E-state index in [1.165, 1.54) is 10.8 Å². The average molecular weight is 345 g/mol. The minimum absolute atomic E-state index is 0. The van der Waals surface area contributed by atoms with Crippen LogP contribution in [0.4, 0.5) is 0 Å². The van der Waals surface area contributed by atoms with Crippen LogP contribution in [0.25, 0.3) is 10.8 Å². The number of benzene rings is 1. The Hall–Kier alpha value is -0.407. The number of aliphatic hydroxyl groups is 3. The summed E-state index contributed by atoms with van der Waals surface area (Å²) in [7, 11) is 0. The van der Waals surface area contributed by atoms with E-state index >= 15 is 0 Å². The third-order valence-electron chi connectivity index (χ3n) is 1.55. The Morgan fingerprint density at radius 2 is 1.26 bits per heavy atom. The molecule has 3 N–H and O–H groups in total.